The molecule has 26 heavy (non-hydrogen) atoms. The molecule has 0 spiro atoms. The second-order valence-corrected chi connectivity index (χ2v) is 7.73. The Morgan fingerprint density at radius 3 is 2.62 bits per heavy atom. The lowest BCUT2D eigenvalue weighted by atomic mass is 9.97. The predicted molar refractivity (Wildman–Crippen MR) is 108 cm³/mol. The van der Waals surface area contributed by atoms with Crippen molar-refractivity contribution in [2.24, 2.45) is 0 Å². The van der Waals surface area contributed by atoms with E-state index in [9.17, 15) is 9.59 Å². The number of hydrogen-bond acceptors (Lipinski definition) is 2. The number of benzene rings is 1. The number of likely N-dealkylation sites (tertiary alicyclic amines) is 1. The van der Waals surface area contributed by atoms with Crippen LogP contribution >= 0.6 is 0 Å². The van der Waals surface area contributed by atoms with Crippen LogP contribution in [0.2, 0.25) is 0 Å². The Morgan fingerprint density at radius 1 is 1.27 bits per heavy atom. The van der Waals surface area contributed by atoms with Gasteiger partial charge in [-0.25, -0.2) is 0 Å². The van der Waals surface area contributed by atoms with E-state index in [1.54, 1.807) is 11.8 Å². The molecule has 1 aromatic rings. The molecule has 4 nitrogen and oxygen atoms in total. The highest BCUT2D eigenvalue weighted by Gasteiger charge is 2.26. The highest BCUT2D eigenvalue weighted by Crippen LogP contribution is 2.31. The average Bonchev–Trinajstić information content (AvgIpc) is 2.62. The van der Waals surface area contributed by atoms with Crippen molar-refractivity contribution < 1.29 is 9.59 Å². The number of rotatable bonds is 6. The molecule has 2 amide bonds. The summed E-state index contributed by atoms with van der Waals surface area (Å²) in [5.74, 6) is 0.510. The summed E-state index contributed by atoms with van der Waals surface area (Å²) in [6.07, 6.45) is 4.81. The zero-order valence-electron chi connectivity index (χ0n) is 17.0. The van der Waals surface area contributed by atoms with Crippen molar-refractivity contribution in [3.8, 4) is 0 Å². The molecule has 1 unspecified atom stereocenters. The number of aryl methyl sites for hydroxylation is 1. The van der Waals surface area contributed by atoms with E-state index in [1.807, 2.05) is 24.0 Å². The fraction of sp³-hybridized carbons (Fsp3) is 0.636. The third kappa shape index (κ3) is 4.66. The number of nitrogens with zero attached hydrogens (tertiary/aromatic N) is 2. The Hall–Kier alpha value is -1.84. The lowest BCUT2D eigenvalue weighted by Gasteiger charge is -2.36. The quantitative estimate of drug-likeness (QED) is 0.742. The minimum absolute atomic E-state index is 0.000291. The molecule has 0 aromatic heterocycles. The predicted octanol–water partition coefficient (Wildman–Crippen LogP) is 4.65. The largest absolute Gasteiger partial charge is 0.340 e. The lowest BCUT2D eigenvalue weighted by molar-refractivity contribution is -0.134. The number of carbonyl (C=O) groups is 2. The van der Waals surface area contributed by atoms with Crippen LogP contribution in [0.4, 0.5) is 5.69 Å². The van der Waals surface area contributed by atoms with E-state index in [1.165, 1.54) is 6.42 Å². The Bertz CT molecular complexity index is 639. The first-order chi connectivity index (χ1) is 12.4. The van der Waals surface area contributed by atoms with Gasteiger partial charge in [0.15, 0.2) is 0 Å². The van der Waals surface area contributed by atoms with Crippen LogP contribution in [0.3, 0.4) is 0 Å². The van der Waals surface area contributed by atoms with E-state index in [0.717, 1.165) is 42.6 Å². The van der Waals surface area contributed by atoms with Gasteiger partial charge < -0.3 is 9.80 Å². The van der Waals surface area contributed by atoms with E-state index in [4.69, 9.17) is 0 Å². The number of piperidine rings is 1. The van der Waals surface area contributed by atoms with E-state index < -0.39 is 0 Å². The van der Waals surface area contributed by atoms with E-state index in [2.05, 4.69) is 26.8 Å². The van der Waals surface area contributed by atoms with Gasteiger partial charge in [-0.2, -0.15) is 0 Å². The maximum atomic E-state index is 12.8. The molecule has 0 N–H and O–H groups in total. The molecule has 4 heteroatoms. The summed E-state index contributed by atoms with van der Waals surface area (Å²) < 4.78 is 0. The molecule has 0 radical (unpaired) electrons. The van der Waals surface area contributed by atoms with Crippen LogP contribution in [-0.4, -0.2) is 35.8 Å². The molecule has 1 atom stereocenters. The molecule has 2 rings (SSSR count). The van der Waals surface area contributed by atoms with Gasteiger partial charge in [0.25, 0.3) is 0 Å². The van der Waals surface area contributed by atoms with Crippen LogP contribution in [0, 0.1) is 6.92 Å². The molecule has 1 saturated heterocycles. The lowest BCUT2D eigenvalue weighted by Crippen LogP contribution is -2.45. The van der Waals surface area contributed by atoms with Gasteiger partial charge >= 0.3 is 0 Å². The van der Waals surface area contributed by atoms with Crippen molar-refractivity contribution in [1.82, 2.24) is 4.90 Å². The zero-order chi connectivity index (χ0) is 19.3. The average molecular weight is 359 g/mol. The Morgan fingerprint density at radius 2 is 2.00 bits per heavy atom. The summed E-state index contributed by atoms with van der Waals surface area (Å²) in [5.41, 5.74) is 3.23. The molecule has 0 aliphatic carbocycles. The Kier molecular flexibility index (Phi) is 7.24. The monoisotopic (exact) mass is 358 g/mol. The van der Waals surface area contributed by atoms with Crippen molar-refractivity contribution in [1.29, 1.82) is 0 Å². The van der Waals surface area contributed by atoms with Gasteiger partial charge in [0, 0.05) is 38.2 Å². The summed E-state index contributed by atoms with van der Waals surface area (Å²) in [6, 6.07) is 6.53. The van der Waals surface area contributed by atoms with Crippen LogP contribution < -0.4 is 4.90 Å². The summed E-state index contributed by atoms with van der Waals surface area (Å²) in [4.78, 5) is 29.0. The highest BCUT2D eigenvalue weighted by molar-refractivity contribution is 5.94. The number of hydrogen-bond donors (Lipinski definition) is 0. The Labute approximate surface area is 158 Å². The van der Waals surface area contributed by atoms with Gasteiger partial charge in [-0.05, 0) is 49.7 Å². The zero-order valence-corrected chi connectivity index (χ0v) is 17.0. The topological polar surface area (TPSA) is 40.6 Å². The Balaban J connectivity index is 2.17. The fourth-order valence-electron chi connectivity index (χ4n) is 4.05. The maximum Gasteiger partial charge on any atom is 0.224 e. The van der Waals surface area contributed by atoms with Crippen molar-refractivity contribution in [3.63, 3.8) is 0 Å². The molecule has 0 saturated carbocycles. The summed E-state index contributed by atoms with van der Waals surface area (Å²) in [6.45, 7) is 11.4. The summed E-state index contributed by atoms with van der Waals surface area (Å²) >= 11 is 0. The van der Waals surface area contributed by atoms with E-state index >= 15 is 0 Å². The van der Waals surface area contributed by atoms with E-state index in [0.29, 0.717) is 24.9 Å². The van der Waals surface area contributed by atoms with Gasteiger partial charge in [-0.1, -0.05) is 39.0 Å². The van der Waals surface area contributed by atoms with Gasteiger partial charge in [0.1, 0.15) is 0 Å². The van der Waals surface area contributed by atoms with Crippen LogP contribution in [0.5, 0.6) is 0 Å². The summed E-state index contributed by atoms with van der Waals surface area (Å²) in [7, 11) is 0. The van der Waals surface area contributed by atoms with Crippen molar-refractivity contribution in [2.75, 3.05) is 18.0 Å². The van der Waals surface area contributed by atoms with E-state index in [-0.39, 0.29) is 11.8 Å². The third-order valence-corrected chi connectivity index (χ3v) is 5.51. The third-order valence-electron chi connectivity index (χ3n) is 5.51. The van der Waals surface area contributed by atoms with Crippen molar-refractivity contribution in [3.05, 3.63) is 29.3 Å². The molecular weight excluding hydrogens is 324 g/mol. The first-order valence-electron chi connectivity index (χ1n) is 10.0. The van der Waals surface area contributed by atoms with Gasteiger partial charge in [-0.3, -0.25) is 9.59 Å². The normalized spacial score (nSPS) is 17.5. The molecular formula is C22H34N2O2. The molecule has 1 heterocycles. The number of para-hydroxylation sites is 1. The molecule has 0 bridgehead atoms. The number of amides is 2. The molecule has 1 fully saturated rings. The van der Waals surface area contributed by atoms with Gasteiger partial charge in [0.05, 0.1) is 0 Å². The summed E-state index contributed by atoms with van der Waals surface area (Å²) in [5, 5.41) is 0. The second kappa shape index (κ2) is 9.20. The fourth-order valence-corrected chi connectivity index (χ4v) is 4.05. The van der Waals surface area contributed by atoms with Crippen LogP contribution in [0.1, 0.15) is 76.8 Å². The molecule has 1 aromatic carbocycles. The van der Waals surface area contributed by atoms with Gasteiger partial charge in [0.2, 0.25) is 11.8 Å². The first kappa shape index (κ1) is 20.5. The first-order valence-corrected chi connectivity index (χ1v) is 10.0. The number of anilines is 1. The van der Waals surface area contributed by atoms with Crippen LogP contribution in [-0.2, 0) is 9.59 Å². The van der Waals surface area contributed by atoms with Crippen molar-refractivity contribution in [2.45, 2.75) is 78.7 Å². The second-order valence-electron chi connectivity index (χ2n) is 7.73. The standard InChI is InChI=1S/C22H34N2O2/c1-6-19-11-7-8-14-24(19)21(26)13-15-23(18(5)25)22-17(4)10-9-12-20(22)16(2)3/h9-10,12,16,19H,6-8,11,13-15H2,1-5H3. The smallest absolute Gasteiger partial charge is 0.224 e. The minimum atomic E-state index is -0.000291. The van der Waals surface area contributed by atoms with Crippen molar-refractivity contribution >= 4 is 17.5 Å². The maximum absolute atomic E-state index is 12.8. The number of carbonyl (C=O) groups excluding carboxylic acids is 2. The minimum Gasteiger partial charge on any atom is -0.340 e. The molecule has 144 valence electrons. The van der Waals surface area contributed by atoms with Crippen LogP contribution in [0.15, 0.2) is 18.2 Å². The molecule has 1 aliphatic heterocycles. The molecule has 1 aliphatic rings. The van der Waals surface area contributed by atoms with Gasteiger partial charge in [-0.15, -0.1) is 0 Å². The SMILES string of the molecule is CCC1CCCCN1C(=O)CCN(C(C)=O)c1c(C)cccc1C(C)C. The highest BCUT2D eigenvalue weighted by atomic mass is 16.2. The van der Waals surface area contributed by atoms with Crippen LogP contribution in [0.25, 0.3) is 0 Å².